The van der Waals surface area contributed by atoms with Crippen LogP contribution in [0.2, 0.25) is 0 Å². The van der Waals surface area contributed by atoms with Crippen molar-refractivity contribution < 1.29 is 9.59 Å². The number of anilines is 1. The molecule has 0 spiro atoms. The zero-order valence-electron chi connectivity index (χ0n) is 15.5. The first kappa shape index (κ1) is 17.9. The summed E-state index contributed by atoms with van der Waals surface area (Å²) in [6.07, 6.45) is 6.89. The third kappa shape index (κ3) is 3.78. The van der Waals surface area contributed by atoms with Crippen molar-refractivity contribution in [2.24, 2.45) is 7.05 Å². The average molecular weight is 379 g/mol. The zero-order chi connectivity index (χ0) is 19.5. The van der Waals surface area contributed by atoms with Crippen LogP contribution < -0.4 is 5.32 Å². The Labute approximate surface area is 161 Å². The number of hydrogen-bond acceptors (Lipinski definition) is 5. The van der Waals surface area contributed by atoms with Crippen LogP contribution in [0.4, 0.5) is 5.69 Å². The quantitative estimate of drug-likeness (QED) is 0.671. The van der Waals surface area contributed by atoms with Crippen LogP contribution in [0.15, 0.2) is 42.9 Å². The molecule has 2 N–H and O–H groups in total. The Morgan fingerprint density at radius 1 is 1.25 bits per heavy atom. The largest absolute Gasteiger partial charge is 0.348 e. The minimum absolute atomic E-state index is 0.297. The molecule has 0 aliphatic carbocycles. The van der Waals surface area contributed by atoms with Gasteiger partial charge in [-0.25, -0.2) is 4.98 Å². The summed E-state index contributed by atoms with van der Waals surface area (Å²) in [6.45, 7) is 1.08. The van der Waals surface area contributed by atoms with Gasteiger partial charge in [-0.1, -0.05) is 17.3 Å². The molecule has 1 aliphatic heterocycles. The highest BCUT2D eigenvalue weighted by Crippen LogP contribution is 2.25. The predicted molar refractivity (Wildman–Crippen MR) is 102 cm³/mol. The van der Waals surface area contributed by atoms with Gasteiger partial charge in [0.15, 0.2) is 0 Å². The summed E-state index contributed by atoms with van der Waals surface area (Å²) in [5.41, 5.74) is 2.06. The van der Waals surface area contributed by atoms with Crippen molar-refractivity contribution in [1.29, 1.82) is 0 Å². The molecule has 144 valence electrons. The smallest absolute Gasteiger partial charge is 0.313 e. The van der Waals surface area contributed by atoms with E-state index in [0.717, 1.165) is 24.2 Å². The number of likely N-dealkylation sites (tertiary alicyclic amines) is 1. The van der Waals surface area contributed by atoms with Crippen molar-refractivity contribution in [3.8, 4) is 11.3 Å². The van der Waals surface area contributed by atoms with Crippen LogP contribution in [0.3, 0.4) is 0 Å². The fourth-order valence-electron chi connectivity index (χ4n) is 3.42. The number of amides is 2. The number of rotatable bonds is 3. The molecule has 0 unspecified atom stereocenters. The molecule has 1 saturated heterocycles. The number of aryl methyl sites for hydroxylation is 1. The number of aromatic nitrogens is 5. The van der Waals surface area contributed by atoms with Crippen LogP contribution in [0.1, 0.15) is 24.6 Å². The van der Waals surface area contributed by atoms with Crippen molar-refractivity contribution in [2.75, 3.05) is 18.4 Å². The third-order valence-corrected chi connectivity index (χ3v) is 4.90. The molecule has 4 rings (SSSR count). The van der Waals surface area contributed by atoms with Crippen molar-refractivity contribution in [3.05, 3.63) is 48.7 Å². The maximum Gasteiger partial charge on any atom is 0.313 e. The molecule has 1 aromatic carbocycles. The normalized spacial score (nSPS) is 14.8. The number of piperidine rings is 1. The fourth-order valence-corrected chi connectivity index (χ4v) is 3.42. The van der Waals surface area contributed by atoms with E-state index in [2.05, 4.69) is 25.6 Å². The summed E-state index contributed by atoms with van der Waals surface area (Å²) in [6, 6.07) is 7.20. The molecular weight excluding hydrogens is 358 g/mol. The number of H-pyrrole nitrogens is 1. The Morgan fingerprint density at radius 2 is 2.07 bits per heavy atom. The van der Waals surface area contributed by atoms with Gasteiger partial charge in [0, 0.05) is 49.7 Å². The molecule has 1 aliphatic rings. The van der Waals surface area contributed by atoms with Gasteiger partial charge >= 0.3 is 11.8 Å². The van der Waals surface area contributed by atoms with E-state index in [-0.39, 0.29) is 0 Å². The Balaban J connectivity index is 1.37. The summed E-state index contributed by atoms with van der Waals surface area (Å²) in [5.74, 6) is 0.0960. The third-order valence-electron chi connectivity index (χ3n) is 4.90. The lowest BCUT2D eigenvalue weighted by atomic mass is 9.96. The average Bonchev–Trinajstić information content (AvgIpc) is 3.40. The minimum Gasteiger partial charge on any atom is -0.348 e. The molecule has 2 amide bonds. The van der Waals surface area contributed by atoms with E-state index < -0.39 is 11.8 Å². The van der Waals surface area contributed by atoms with Crippen molar-refractivity contribution in [1.82, 2.24) is 29.9 Å². The van der Waals surface area contributed by atoms with Crippen LogP contribution in [-0.4, -0.2) is 54.8 Å². The number of benzene rings is 1. The van der Waals surface area contributed by atoms with Crippen molar-refractivity contribution in [2.45, 2.75) is 18.8 Å². The Kier molecular flexibility index (Phi) is 4.88. The molecular formula is C19H21N7O2. The number of carbonyl (C=O) groups excluding carboxylic acids is 2. The van der Waals surface area contributed by atoms with E-state index in [4.69, 9.17) is 0 Å². The standard InChI is InChI=1S/C19H21N7O2/c1-25-12-16(23-24-25)14-3-2-4-15(11-14)22-18(27)19(28)26-9-5-13(6-10-26)17-20-7-8-21-17/h2-4,7-8,11-13H,5-6,9-10H2,1H3,(H,20,21)(H,22,27). The van der Waals surface area contributed by atoms with E-state index >= 15 is 0 Å². The summed E-state index contributed by atoms with van der Waals surface area (Å²) in [7, 11) is 1.79. The van der Waals surface area contributed by atoms with Gasteiger partial charge in [0.2, 0.25) is 0 Å². The number of carbonyl (C=O) groups is 2. The number of hydrogen-bond donors (Lipinski definition) is 2. The lowest BCUT2D eigenvalue weighted by Gasteiger charge is -2.30. The van der Waals surface area contributed by atoms with Gasteiger partial charge in [-0.3, -0.25) is 14.3 Å². The maximum absolute atomic E-state index is 12.5. The molecule has 1 fully saturated rings. The highest BCUT2D eigenvalue weighted by molar-refractivity contribution is 6.39. The van der Waals surface area contributed by atoms with Gasteiger partial charge in [0.1, 0.15) is 11.5 Å². The predicted octanol–water partition coefficient (Wildman–Crippen LogP) is 1.55. The molecule has 9 heteroatoms. The highest BCUT2D eigenvalue weighted by atomic mass is 16.2. The SMILES string of the molecule is Cn1cc(-c2cccc(NC(=O)C(=O)N3CCC(c4ncc[nH]4)CC3)c2)nn1. The second kappa shape index (κ2) is 7.63. The topological polar surface area (TPSA) is 109 Å². The molecule has 9 nitrogen and oxygen atoms in total. The van der Waals surface area contributed by atoms with Crippen LogP contribution in [0, 0.1) is 0 Å². The van der Waals surface area contributed by atoms with Crippen LogP contribution in [-0.2, 0) is 16.6 Å². The second-order valence-electron chi connectivity index (χ2n) is 6.85. The van der Waals surface area contributed by atoms with Crippen molar-refractivity contribution in [3.63, 3.8) is 0 Å². The lowest BCUT2D eigenvalue weighted by molar-refractivity contribution is -0.143. The van der Waals surface area contributed by atoms with Gasteiger partial charge in [-0.05, 0) is 25.0 Å². The van der Waals surface area contributed by atoms with Crippen LogP contribution >= 0.6 is 0 Å². The Hall–Kier alpha value is -3.49. The van der Waals surface area contributed by atoms with Crippen LogP contribution in [0.5, 0.6) is 0 Å². The number of aromatic amines is 1. The molecule has 0 bridgehead atoms. The lowest BCUT2D eigenvalue weighted by Crippen LogP contribution is -2.43. The van der Waals surface area contributed by atoms with Crippen LogP contribution in [0.25, 0.3) is 11.3 Å². The van der Waals surface area contributed by atoms with E-state index in [1.807, 2.05) is 6.07 Å². The first-order valence-corrected chi connectivity index (χ1v) is 9.16. The Morgan fingerprint density at radius 3 is 2.75 bits per heavy atom. The van der Waals surface area contributed by atoms with Gasteiger partial charge in [-0.15, -0.1) is 5.10 Å². The van der Waals surface area contributed by atoms with Gasteiger partial charge in [0.05, 0.1) is 6.20 Å². The van der Waals surface area contributed by atoms with E-state index in [0.29, 0.717) is 30.4 Å². The molecule has 0 radical (unpaired) electrons. The molecule has 28 heavy (non-hydrogen) atoms. The molecule has 2 aromatic heterocycles. The fraction of sp³-hybridized carbons (Fsp3) is 0.316. The molecule has 3 heterocycles. The van der Waals surface area contributed by atoms with E-state index in [9.17, 15) is 9.59 Å². The molecule has 3 aromatic rings. The summed E-state index contributed by atoms with van der Waals surface area (Å²) in [5, 5.41) is 10.7. The number of nitrogens with one attached hydrogen (secondary N) is 2. The van der Waals surface area contributed by atoms with Crippen molar-refractivity contribution >= 4 is 17.5 Å². The zero-order valence-corrected chi connectivity index (χ0v) is 15.5. The maximum atomic E-state index is 12.5. The van der Waals surface area contributed by atoms with E-state index in [1.54, 1.807) is 53.4 Å². The van der Waals surface area contributed by atoms with Gasteiger partial charge in [-0.2, -0.15) is 0 Å². The summed E-state index contributed by atoms with van der Waals surface area (Å²) >= 11 is 0. The molecule has 0 atom stereocenters. The summed E-state index contributed by atoms with van der Waals surface area (Å²) in [4.78, 5) is 33.9. The summed E-state index contributed by atoms with van der Waals surface area (Å²) < 4.78 is 1.61. The number of imidazole rings is 1. The minimum atomic E-state index is -0.632. The molecule has 0 saturated carbocycles. The first-order valence-electron chi connectivity index (χ1n) is 9.16. The van der Waals surface area contributed by atoms with E-state index in [1.165, 1.54) is 0 Å². The van der Waals surface area contributed by atoms with Gasteiger partial charge in [0.25, 0.3) is 0 Å². The monoisotopic (exact) mass is 379 g/mol. The number of nitrogens with zero attached hydrogens (tertiary/aromatic N) is 5. The second-order valence-corrected chi connectivity index (χ2v) is 6.85. The Bertz CT molecular complexity index is 972. The first-order chi connectivity index (χ1) is 13.6. The highest BCUT2D eigenvalue weighted by Gasteiger charge is 2.28. The van der Waals surface area contributed by atoms with Gasteiger partial charge < -0.3 is 15.2 Å².